The summed E-state index contributed by atoms with van der Waals surface area (Å²) in [4.78, 5) is 24.1. The molecule has 2 amide bonds. The van der Waals surface area contributed by atoms with Crippen LogP contribution in [0.3, 0.4) is 0 Å². The second kappa shape index (κ2) is 9.15. The topological polar surface area (TPSA) is 95.6 Å². The predicted octanol–water partition coefficient (Wildman–Crippen LogP) is 2.00. The fourth-order valence-electron chi connectivity index (χ4n) is 3.07. The molecular weight excluding hydrogens is 397 g/mol. The van der Waals surface area contributed by atoms with Crippen molar-refractivity contribution in [1.29, 1.82) is 0 Å². The smallest absolute Gasteiger partial charge is 0.269 e. The van der Waals surface area contributed by atoms with Gasteiger partial charge < -0.3 is 0 Å². The van der Waals surface area contributed by atoms with Gasteiger partial charge in [-0.15, -0.1) is 0 Å². The van der Waals surface area contributed by atoms with Crippen molar-refractivity contribution >= 4 is 21.8 Å². The van der Waals surface area contributed by atoms with Crippen LogP contribution in [0.15, 0.2) is 53.4 Å². The van der Waals surface area contributed by atoms with E-state index in [2.05, 4.69) is 10.9 Å². The molecule has 1 saturated heterocycles. The van der Waals surface area contributed by atoms with Gasteiger partial charge in [0.15, 0.2) is 0 Å². The molecule has 29 heavy (non-hydrogen) atoms. The summed E-state index contributed by atoms with van der Waals surface area (Å²) in [5, 5.41) is 0. The van der Waals surface area contributed by atoms with E-state index < -0.39 is 21.8 Å². The summed E-state index contributed by atoms with van der Waals surface area (Å²) >= 11 is 0. The first kappa shape index (κ1) is 20.9. The Hall–Kier alpha value is -2.78. The van der Waals surface area contributed by atoms with Gasteiger partial charge in [-0.05, 0) is 55.2 Å². The Morgan fingerprint density at radius 1 is 0.966 bits per heavy atom. The zero-order valence-corrected chi connectivity index (χ0v) is 16.5. The largest absolute Gasteiger partial charge is 0.273 e. The normalized spacial score (nSPS) is 14.5. The molecule has 0 spiro atoms. The third-order valence-corrected chi connectivity index (χ3v) is 6.63. The lowest BCUT2D eigenvalue weighted by Crippen LogP contribution is -2.41. The Morgan fingerprint density at radius 2 is 1.62 bits per heavy atom. The first-order valence-corrected chi connectivity index (χ1v) is 10.7. The zero-order valence-electron chi connectivity index (χ0n) is 15.7. The van der Waals surface area contributed by atoms with E-state index >= 15 is 0 Å². The van der Waals surface area contributed by atoms with E-state index in [-0.39, 0.29) is 29.1 Å². The molecule has 0 atom stereocenters. The Labute approximate surface area is 168 Å². The van der Waals surface area contributed by atoms with Gasteiger partial charge in [0.05, 0.1) is 4.90 Å². The number of hydrazine groups is 1. The number of sulfonamides is 1. The van der Waals surface area contributed by atoms with Crippen LogP contribution in [-0.2, 0) is 21.2 Å². The number of nitrogens with one attached hydrogen (secondary N) is 2. The van der Waals surface area contributed by atoms with Crippen molar-refractivity contribution in [3.8, 4) is 0 Å². The van der Waals surface area contributed by atoms with Crippen molar-refractivity contribution in [1.82, 2.24) is 15.2 Å². The number of amides is 2. The van der Waals surface area contributed by atoms with Gasteiger partial charge in [0.1, 0.15) is 5.82 Å². The molecule has 0 bridgehead atoms. The van der Waals surface area contributed by atoms with E-state index in [4.69, 9.17) is 0 Å². The first-order chi connectivity index (χ1) is 13.9. The van der Waals surface area contributed by atoms with Crippen molar-refractivity contribution in [3.63, 3.8) is 0 Å². The van der Waals surface area contributed by atoms with Crippen LogP contribution in [0.25, 0.3) is 0 Å². The minimum Gasteiger partial charge on any atom is -0.273 e. The average molecular weight is 419 g/mol. The third-order valence-electron chi connectivity index (χ3n) is 4.71. The van der Waals surface area contributed by atoms with Crippen molar-refractivity contribution < 1.29 is 22.4 Å². The molecule has 0 saturated carbocycles. The van der Waals surface area contributed by atoms with Gasteiger partial charge in [-0.3, -0.25) is 20.4 Å². The Balaban J connectivity index is 1.51. The summed E-state index contributed by atoms with van der Waals surface area (Å²) < 4.78 is 39.9. The maximum absolute atomic E-state index is 13.5. The number of carbonyl (C=O) groups excluding carboxylic acids is 2. The lowest BCUT2D eigenvalue weighted by molar-refractivity contribution is -0.121. The van der Waals surface area contributed by atoms with Crippen LogP contribution in [0.5, 0.6) is 0 Å². The van der Waals surface area contributed by atoms with Gasteiger partial charge in [0.25, 0.3) is 5.91 Å². The number of hydrogen-bond acceptors (Lipinski definition) is 4. The van der Waals surface area contributed by atoms with E-state index in [0.29, 0.717) is 18.7 Å². The molecule has 3 rings (SSSR count). The molecular formula is C20H22FN3O4S. The highest BCUT2D eigenvalue weighted by Gasteiger charge is 2.27. The SMILES string of the molecule is O=C(CCc1ccccc1F)NNC(=O)c1ccc(S(=O)(=O)N2CCCC2)cc1. The Bertz CT molecular complexity index is 987. The summed E-state index contributed by atoms with van der Waals surface area (Å²) in [6, 6.07) is 11.7. The number of aryl methyl sites for hydroxylation is 1. The van der Waals surface area contributed by atoms with E-state index in [9.17, 15) is 22.4 Å². The fraction of sp³-hybridized carbons (Fsp3) is 0.300. The summed E-state index contributed by atoms with van der Waals surface area (Å²) in [6.07, 6.45) is 1.90. The molecule has 1 aliphatic rings. The van der Waals surface area contributed by atoms with Gasteiger partial charge in [-0.2, -0.15) is 4.31 Å². The van der Waals surface area contributed by atoms with Crippen molar-refractivity contribution in [2.45, 2.75) is 30.6 Å². The van der Waals surface area contributed by atoms with Crippen LogP contribution in [0.4, 0.5) is 4.39 Å². The molecule has 1 fully saturated rings. The highest BCUT2D eigenvalue weighted by Crippen LogP contribution is 2.21. The van der Waals surface area contributed by atoms with Crippen molar-refractivity contribution in [2.75, 3.05) is 13.1 Å². The summed E-state index contributed by atoms with van der Waals surface area (Å²) in [5.41, 5.74) is 5.17. The van der Waals surface area contributed by atoms with Gasteiger partial charge >= 0.3 is 0 Å². The minimum atomic E-state index is -3.54. The minimum absolute atomic E-state index is 0.00816. The quantitative estimate of drug-likeness (QED) is 0.700. The average Bonchev–Trinajstić information content (AvgIpc) is 3.27. The monoisotopic (exact) mass is 419 g/mol. The summed E-state index contributed by atoms with van der Waals surface area (Å²) in [6.45, 7) is 1.01. The predicted molar refractivity (Wildman–Crippen MR) is 105 cm³/mol. The number of carbonyl (C=O) groups is 2. The van der Waals surface area contributed by atoms with Crippen LogP contribution in [0.2, 0.25) is 0 Å². The molecule has 2 aromatic rings. The first-order valence-electron chi connectivity index (χ1n) is 9.31. The van der Waals surface area contributed by atoms with E-state index in [0.717, 1.165) is 12.8 Å². The van der Waals surface area contributed by atoms with Crippen molar-refractivity contribution in [2.24, 2.45) is 0 Å². The van der Waals surface area contributed by atoms with Gasteiger partial charge in [-0.1, -0.05) is 18.2 Å². The molecule has 0 radical (unpaired) electrons. The molecule has 154 valence electrons. The standard InChI is InChI=1S/C20H22FN3O4S/c21-18-6-2-1-5-15(18)9-12-19(25)22-23-20(26)16-7-10-17(11-8-16)29(27,28)24-13-3-4-14-24/h1-2,5-8,10-11H,3-4,9,12-14H2,(H,22,25)(H,23,26). The number of halogens is 1. The number of benzene rings is 2. The van der Waals surface area contributed by atoms with Crippen LogP contribution in [0, 0.1) is 5.82 Å². The van der Waals surface area contributed by atoms with E-state index in [1.54, 1.807) is 18.2 Å². The highest BCUT2D eigenvalue weighted by atomic mass is 32.2. The van der Waals surface area contributed by atoms with Gasteiger partial charge in [0.2, 0.25) is 15.9 Å². The van der Waals surface area contributed by atoms with Crippen LogP contribution >= 0.6 is 0 Å². The second-order valence-corrected chi connectivity index (χ2v) is 8.67. The molecule has 0 aromatic heterocycles. The summed E-state index contributed by atoms with van der Waals surface area (Å²) in [5.74, 6) is -1.42. The number of hydrogen-bond donors (Lipinski definition) is 2. The van der Waals surface area contributed by atoms with Crippen LogP contribution in [-0.4, -0.2) is 37.6 Å². The molecule has 9 heteroatoms. The van der Waals surface area contributed by atoms with E-state index in [1.807, 2.05) is 0 Å². The van der Waals surface area contributed by atoms with E-state index in [1.165, 1.54) is 34.6 Å². The second-order valence-electron chi connectivity index (χ2n) is 6.73. The molecule has 1 aliphatic heterocycles. The molecule has 0 unspecified atom stereocenters. The third kappa shape index (κ3) is 5.18. The maximum Gasteiger partial charge on any atom is 0.269 e. The zero-order chi connectivity index (χ0) is 20.9. The van der Waals surface area contributed by atoms with Gasteiger partial charge in [-0.25, -0.2) is 12.8 Å². The fourth-order valence-corrected chi connectivity index (χ4v) is 4.58. The molecule has 1 heterocycles. The Morgan fingerprint density at radius 3 is 2.28 bits per heavy atom. The molecule has 2 N–H and O–H groups in total. The molecule has 7 nitrogen and oxygen atoms in total. The van der Waals surface area contributed by atoms with Crippen LogP contribution in [0.1, 0.15) is 35.2 Å². The lowest BCUT2D eigenvalue weighted by Gasteiger charge is -2.15. The maximum atomic E-state index is 13.5. The van der Waals surface area contributed by atoms with Gasteiger partial charge in [0, 0.05) is 25.1 Å². The number of nitrogens with zero attached hydrogens (tertiary/aromatic N) is 1. The van der Waals surface area contributed by atoms with Crippen molar-refractivity contribution in [3.05, 3.63) is 65.5 Å². The number of rotatable bonds is 6. The summed E-state index contributed by atoms with van der Waals surface area (Å²) in [7, 11) is -3.54. The Kier molecular flexibility index (Phi) is 6.60. The van der Waals surface area contributed by atoms with Crippen LogP contribution < -0.4 is 10.9 Å². The lowest BCUT2D eigenvalue weighted by atomic mass is 10.1. The molecule has 0 aliphatic carbocycles. The molecule has 2 aromatic carbocycles. The highest BCUT2D eigenvalue weighted by molar-refractivity contribution is 7.89.